The van der Waals surface area contributed by atoms with Crippen LogP contribution in [0.5, 0.6) is 0 Å². The first-order valence-corrected chi connectivity index (χ1v) is 3.97. The van der Waals surface area contributed by atoms with Gasteiger partial charge in [-0.15, -0.1) is 9.73 Å². The van der Waals surface area contributed by atoms with Crippen molar-refractivity contribution in [1.29, 1.82) is 0 Å². The average Bonchev–Trinajstić information content (AvgIpc) is 2.40. The zero-order valence-corrected chi connectivity index (χ0v) is 7.79. The third kappa shape index (κ3) is 0.719. The molecule has 0 unspecified atom stereocenters. The van der Waals surface area contributed by atoms with Crippen LogP contribution in [0.15, 0.2) is 0 Å². The van der Waals surface area contributed by atoms with E-state index in [9.17, 15) is 0 Å². The molecule has 2 rings (SSSR count). The number of fused-ring (bicyclic) bond motifs is 1. The van der Waals surface area contributed by atoms with E-state index < -0.39 is 0 Å². The lowest BCUT2D eigenvalue weighted by molar-refractivity contribution is 0.789. The molecule has 2 heterocycles. The Balaban J connectivity index is 2.94. The van der Waals surface area contributed by atoms with Crippen LogP contribution in [-0.2, 0) is 7.05 Å². The molecule has 12 heavy (non-hydrogen) atoms. The first kappa shape index (κ1) is 7.34. The Morgan fingerprint density at radius 3 is 2.33 bits per heavy atom. The fourth-order valence-corrected chi connectivity index (χ4v) is 1.39. The van der Waals surface area contributed by atoms with Crippen molar-refractivity contribution in [3.8, 4) is 0 Å². The summed E-state index contributed by atoms with van der Waals surface area (Å²) in [5.41, 5.74) is 3.34. The Bertz CT molecular complexity index is 398. The summed E-state index contributed by atoms with van der Waals surface area (Å²) >= 11 is 0. The molecule has 0 spiro atoms. The van der Waals surface area contributed by atoms with Gasteiger partial charge in [0.2, 0.25) is 0 Å². The summed E-state index contributed by atoms with van der Waals surface area (Å²) in [7, 11) is 2.01. The van der Waals surface area contributed by atoms with E-state index in [0.717, 1.165) is 17.2 Å². The van der Waals surface area contributed by atoms with E-state index >= 15 is 0 Å². The minimum absolute atomic E-state index is 0.987. The molecule has 0 saturated carbocycles. The normalized spacial score (nSPS) is 11.3. The van der Waals surface area contributed by atoms with Gasteiger partial charge < -0.3 is 4.57 Å². The molecule has 0 radical (unpaired) electrons. The maximum absolute atomic E-state index is 4.28. The van der Waals surface area contributed by atoms with Gasteiger partial charge in [-0.25, -0.2) is 0 Å². The van der Waals surface area contributed by atoms with Gasteiger partial charge in [-0.2, -0.15) is 5.10 Å². The van der Waals surface area contributed by atoms with Crippen molar-refractivity contribution in [2.75, 3.05) is 0 Å². The van der Waals surface area contributed by atoms with Crippen molar-refractivity contribution in [1.82, 2.24) is 19.4 Å². The molecule has 2 aromatic heterocycles. The quantitative estimate of drug-likeness (QED) is 0.582. The van der Waals surface area contributed by atoms with E-state index in [0.29, 0.717) is 0 Å². The Morgan fingerprint density at radius 2 is 1.75 bits per heavy atom. The predicted octanol–water partition coefficient (Wildman–Crippen LogP) is 0.993. The highest BCUT2D eigenvalue weighted by Crippen LogP contribution is 2.13. The Hall–Kier alpha value is -1.32. The summed E-state index contributed by atoms with van der Waals surface area (Å²) in [5, 5.41) is 8.54. The highest BCUT2D eigenvalue weighted by atomic mass is 15.5. The van der Waals surface area contributed by atoms with Crippen LogP contribution in [0.25, 0.3) is 5.65 Å². The van der Waals surface area contributed by atoms with E-state index in [1.807, 2.05) is 20.9 Å². The highest BCUT2D eigenvalue weighted by Gasteiger charge is 2.10. The Kier molecular flexibility index (Phi) is 1.28. The average molecular weight is 164 g/mol. The van der Waals surface area contributed by atoms with Gasteiger partial charge in [0.25, 0.3) is 0 Å². The molecule has 64 valence electrons. The largest absolute Gasteiger partial charge is 0.315 e. The van der Waals surface area contributed by atoms with Gasteiger partial charge in [0.1, 0.15) is 5.82 Å². The monoisotopic (exact) mass is 164 g/mol. The van der Waals surface area contributed by atoms with Crippen LogP contribution < -0.4 is 0 Å². The lowest BCUT2D eigenvalue weighted by atomic mass is 10.3. The summed E-state index contributed by atoms with van der Waals surface area (Å²) in [6.07, 6.45) is 0. The number of aromatic nitrogens is 4. The second-order valence-electron chi connectivity index (χ2n) is 3.13. The molecular weight excluding hydrogens is 152 g/mol. The minimum Gasteiger partial charge on any atom is -0.315 e. The van der Waals surface area contributed by atoms with E-state index in [2.05, 4.69) is 21.7 Å². The van der Waals surface area contributed by atoms with Crippen LogP contribution in [0.4, 0.5) is 0 Å². The smallest absolute Gasteiger partial charge is 0.161 e. The van der Waals surface area contributed by atoms with Gasteiger partial charge in [-0.3, -0.25) is 0 Å². The fourth-order valence-electron chi connectivity index (χ4n) is 1.39. The van der Waals surface area contributed by atoms with E-state index in [-0.39, 0.29) is 0 Å². The fraction of sp³-hybridized carbons (Fsp3) is 0.500. The van der Waals surface area contributed by atoms with Crippen LogP contribution in [0.1, 0.15) is 17.1 Å². The first-order valence-electron chi connectivity index (χ1n) is 3.97. The molecule has 4 heteroatoms. The summed E-state index contributed by atoms with van der Waals surface area (Å²) in [6, 6.07) is 0. The van der Waals surface area contributed by atoms with Gasteiger partial charge in [0.05, 0.1) is 5.69 Å². The molecule has 0 fully saturated rings. The van der Waals surface area contributed by atoms with Gasteiger partial charge in [-0.1, -0.05) is 0 Å². The topological polar surface area (TPSA) is 35.1 Å². The van der Waals surface area contributed by atoms with Crippen molar-refractivity contribution in [3.05, 3.63) is 17.1 Å². The molecule has 0 N–H and O–H groups in total. The third-order valence-corrected chi connectivity index (χ3v) is 2.35. The van der Waals surface area contributed by atoms with E-state index in [1.165, 1.54) is 5.56 Å². The van der Waals surface area contributed by atoms with Gasteiger partial charge in [-0.05, 0) is 20.8 Å². The van der Waals surface area contributed by atoms with Gasteiger partial charge in [0.15, 0.2) is 5.65 Å². The van der Waals surface area contributed by atoms with Crippen LogP contribution in [0.3, 0.4) is 0 Å². The third-order valence-electron chi connectivity index (χ3n) is 2.35. The van der Waals surface area contributed by atoms with Crippen LogP contribution >= 0.6 is 0 Å². The number of aryl methyl sites for hydroxylation is 4. The lowest BCUT2D eigenvalue weighted by Gasteiger charge is -1.93. The SMILES string of the molecule is Cc1nn2nc(C)n(C)c2c1C. The number of hydrogen-bond donors (Lipinski definition) is 0. The second-order valence-corrected chi connectivity index (χ2v) is 3.13. The molecule has 0 bridgehead atoms. The minimum atomic E-state index is 0.987. The van der Waals surface area contributed by atoms with E-state index in [4.69, 9.17) is 0 Å². The van der Waals surface area contributed by atoms with Crippen LogP contribution in [0.2, 0.25) is 0 Å². The molecule has 0 amide bonds. The molecular formula is C8H12N4. The maximum Gasteiger partial charge on any atom is 0.161 e. The molecule has 0 aliphatic carbocycles. The summed E-state index contributed by atoms with van der Waals surface area (Å²) in [4.78, 5) is 0. The van der Waals surface area contributed by atoms with Gasteiger partial charge >= 0.3 is 0 Å². The number of nitrogens with zero attached hydrogens (tertiary/aromatic N) is 4. The number of rotatable bonds is 0. The molecule has 4 nitrogen and oxygen atoms in total. The predicted molar refractivity (Wildman–Crippen MR) is 46.2 cm³/mol. The van der Waals surface area contributed by atoms with Crippen molar-refractivity contribution in [2.45, 2.75) is 20.8 Å². The zero-order valence-electron chi connectivity index (χ0n) is 7.79. The highest BCUT2D eigenvalue weighted by molar-refractivity contribution is 5.49. The second kappa shape index (κ2) is 2.09. The molecule has 0 atom stereocenters. The van der Waals surface area contributed by atoms with Crippen LogP contribution in [0, 0.1) is 20.8 Å². The molecule has 0 aromatic carbocycles. The first-order chi connectivity index (χ1) is 5.61. The molecule has 0 aliphatic heterocycles. The van der Waals surface area contributed by atoms with Crippen molar-refractivity contribution in [3.63, 3.8) is 0 Å². The zero-order chi connectivity index (χ0) is 8.88. The summed E-state index contributed by atoms with van der Waals surface area (Å²) in [5.74, 6) is 0.987. The Labute approximate surface area is 70.8 Å². The summed E-state index contributed by atoms with van der Waals surface area (Å²) < 4.78 is 3.75. The standard InChI is InChI=1S/C8H12N4/c1-5-6(2)9-12-8(5)11(4)7(3)10-12/h1-4H3. The van der Waals surface area contributed by atoms with Crippen molar-refractivity contribution < 1.29 is 0 Å². The van der Waals surface area contributed by atoms with Gasteiger partial charge in [0, 0.05) is 12.6 Å². The van der Waals surface area contributed by atoms with E-state index in [1.54, 1.807) is 4.63 Å². The van der Waals surface area contributed by atoms with Crippen LogP contribution in [-0.4, -0.2) is 19.4 Å². The van der Waals surface area contributed by atoms with Crippen molar-refractivity contribution >= 4 is 5.65 Å². The number of hydrogen-bond acceptors (Lipinski definition) is 2. The lowest BCUT2D eigenvalue weighted by Crippen LogP contribution is -1.91. The Morgan fingerprint density at radius 1 is 1.08 bits per heavy atom. The molecule has 0 saturated heterocycles. The molecule has 0 aliphatic rings. The maximum atomic E-state index is 4.28. The summed E-state index contributed by atoms with van der Waals surface area (Å²) in [6.45, 7) is 6.04. The molecule has 2 aromatic rings. The van der Waals surface area contributed by atoms with Crippen molar-refractivity contribution in [2.24, 2.45) is 7.05 Å².